The Kier molecular flexibility index (Phi) is 5.63. The number of piperazine rings is 1. The molecule has 2 aliphatic rings. The number of nitrogens with zero attached hydrogens (tertiary/aromatic N) is 2. The van der Waals surface area contributed by atoms with Crippen LogP contribution in [0.1, 0.15) is 31.2 Å². The molecule has 0 bridgehead atoms. The third-order valence-electron chi connectivity index (χ3n) is 5.40. The van der Waals surface area contributed by atoms with E-state index >= 15 is 0 Å². The number of likely N-dealkylation sites (N-methyl/N-ethyl adjacent to an activating group) is 1. The number of benzene rings is 1. The summed E-state index contributed by atoms with van der Waals surface area (Å²) in [6.45, 7) is 1.47. The van der Waals surface area contributed by atoms with Crippen LogP contribution in [0.15, 0.2) is 24.3 Å². The van der Waals surface area contributed by atoms with Crippen molar-refractivity contribution in [2.45, 2.75) is 31.2 Å². The maximum Gasteiger partial charge on any atom is 0.237 e. The summed E-state index contributed by atoms with van der Waals surface area (Å²) < 4.78 is 0. The molecule has 1 aromatic carbocycles. The largest absolute Gasteiger partial charge is 0.354 e. The van der Waals surface area contributed by atoms with Crippen LogP contribution in [0.2, 0.25) is 5.02 Å². The molecule has 1 saturated heterocycles. The lowest BCUT2D eigenvalue weighted by molar-refractivity contribution is -0.149. The number of hydrogen-bond acceptors (Lipinski definition) is 4. The minimum Gasteiger partial charge on any atom is -0.354 e. The van der Waals surface area contributed by atoms with Crippen LogP contribution in [-0.2, 0) is 19.9 Å². The highest BCUT2D eigenvalue weighted by Crippen LogP contribution is 2.42. The van der Waals surface area contributed by atoms with E-state index in [4.69, 9.17) is 11.6 Å². The summed E-state index contributed by atoms with van der Waals surface area (Å²) in [5.41, 5.74) is -0.329. The van der Waals surface area contributed by atoms with Gasteiger partial charge in [0.05, 0.1) is 13.1 Å². The molecule has 1 heterocycles. The van der Waals surface area contributed by atoms with E-state index in [1.165, 1.54) is 0 Å². The van der Waals surface area contributed by atoms with Gasteiger partial charge in [0.2, 0.25) is 11.8 Å². The maximum atomic E-state index is 13.0. The summed E-state index contributed by atoms with van der Waals surface area (Å²) in [6.07, 6.45) is 2.70. The number of Topliss-reactive ketones (excluding diaryl/α,β-unsaturated/α-hetero) is 1. The van der Waals surface area contributed by atoms with E-state index in [-0.39, 0.29) is 30.7 Å². The number of hydrogen-bond donors (Lipinski definition) is 1. The highest BCUT2D eigenvalue weighted by Gasteiger charge is 2.48. The molecule has 6 nitrogen and oxygen atoms in total. The number of rotatable bonds is 4. The van der Waals surface area contributed by atoms with Crippen LogP contribution in [0.5, 0.6) is 0 Å². The molecule has 1 atom stereocenters. The Balaban J connectivity index is 1.89. The van der Waals surface area contributed by atoms with Gasteiger partial charge in [-0.3, -0.25) is 19.3 Å². The number of carbonyl (C=O) groups excluding carboxylic acids is 3. The molecule has 3 rings (SSSR count). The molecule has 1 saturated carbocycles. The van der Waals surface area contributed by atoms with E-state index in [0.29, 0.717) is 36.5 Å². The van der Waals surface area contributed by atoms with Gasteiger partial charge >= 0.3 is 0 Å². The second-order valence-corrected chi connectivity index (χ2v) is 7.39. The Bertz CT molecular complexity index is 724. The van der Waals surface area contributed by atoms with Crippen molar-refractivity contribution in [1.29, 1.82) is 0 Å². The molecule has 0 aromatic heterocycles. The van der Waals surface area contributed by atoms with E-state index in [1.54, 1.807) is 18.0 Å². The molecule has 26 heavy (non-hydrogen) atoms. The molecule has 1 N–H and O–H groups in total. The Morgan fingerprint density at radius 3 is 2.77 bits per heavy atom. The van der Waals surface area contributed by atoms with Gasteiger partial charge in [0, 0.05) is 37.1 Å². The van der Waals surface area contributed by atoms with Crippen LogP contribution >= 0.6 is 11.6 Å². The second kappa shape index (κ2) is 7.76. The zero-order chi connectivity index (χ0) is 18.7. The van der Waals surface area contributed by atoms with Crippen molar-refractivity contribution in [3.8, 4) is 0 Å². The van der Waals surface area contributed by atoms with Crippen molar-refractivity contribution in [2.75, 3.05) is 33.2 Å². The number of ketones is 1. The van der Waals surface area contributed by atoms with Gasteiger partial charge in [-0.15, -0.1) is 0 Å². The number of carbonyl (C=O) groups is 3. The van der Waals surface area contributed by atoms with E-state index in [2.05, 4.69) is 5.32 Å². The first kappa shape index (κ1) is 18.9. The molecule has 2 fully saturated rings. The average molecular weight is 378 g/mol. The average Bonchev–Trinajstić information content (AvgIpc) is 2.62. The molecular weight excluding hydrogens is 354 g/mol. The molecule has 1 aromatic rings. The Hall–Kier alpha value is -1.92. The number of amides is 2. The minimum atomic E-state index is -1.02. The fraction of sp³-hybridized carbons (Fsp3) is 0.526. The molecule has 0 spiro atoms. The molecular formula is C19H24ClN3O3. The third kappa shape index (κ3) is 3.48. The standard InChI is InChI=1S/C19H24ClN3O3/c1-22(18(26)13-23-11-10-21-17(25)12-23)19(9-5-4-8-16(19)24)14-6-2-3-7-15(14)20/h2-3,6-7H,4-5,8-13H2,1H3,(H,21,25)/t19-/m0/s1. The molecule has 1 aliphatic heterocycles. The fourth-order valence-corrected chi connectivity index (χ4v) is 4.26. The summed E-state index contributed by atoms with van der Waals surface area (Å²) in [7, 11) is 1.68. The van der Waals surface area contributed by atoms with Crippen molar-refractivity contribution >= 4 is 29.2 Å². The van der Waals surface area contributed by atoms with Crippen LogP contribution in [0.3, 0.4) is 0 Å². The lowest BCUT2D eigenvalue weighted by atomic mass is 9.74. The summed E-state index contributed by atoms with van der Waals surface area (Å²) in [6, 6.07) is 7.26. The van der Waals surface area contributed by atoms with Crippen LogP contribution in [0.4, 0.5) is 0 Å². The van der Waals surface area contributed by atoms with Gasteiger partial charge in [-0.25, -0.2) is 0 Å². The summed E-state index contributed by atoms with van der Waals surface area (Å²) >= 11 is 6.42. The first-order valence-corrected chi connectivity index (χ1v) is 9.37. The van der Waals surface area contributed by atoms with E-state index in [9.17, 15) is 14.4 Å². The lowest BCUT2D eigenvalue weighted by Crippen LogP contribution is -2.57. The Labute approximate surface area is 158 Å². The van der Waals surface area contributed by atoms with Crippen LogP contribution in [0, 0.1) is 0 Å². The van der Waals surface area contributed by atoms with Crippen molar-refractivity contribution in [3.63, 3.8) is 0 Å². The molecule has 2 amide bonds. The monoisotopic (exact) mass is 377 g/mol. The molecule has 1 aliphatic carbocycles. The number of halogens is 1. The normalized spacial score (nSPS) is 24.2. The van der Waals surface area contributed by atoms with E-state index in [0.717, 1.165) is 12.8 Å². The predicted molar refractivity (Wildman–Crippen MR) is 98.8 cm³/mol. The minimum absolute atomic E-state index is 0.0316. The highest BCUT2D eigenvalue weighted by molar-refractivity contribution is 6.31. The summed E-state index contributed by atoms with van der Waals surface area (Å²) in [4.78, 5) is 41.0. The predicted octanol–water partition coefficient (Wildman–Crippen LogP) is 1.57. The quantitative estimate of drug-likeness (QED) is 0.864. The van der Waals surface area contributed by atoms with Crippen molar-refractivity contribution in [1.82, 2.24) is 15.1 Å². The smallest absolute Gasteiger partial charge is 0.237 e. The SMILES string of the molecule is CN(C(=O)CN1CCNC(=O)C1)[C@]1(c2ccccc2Cl)CCCCC1=O. The van der Waals surface area contributed by atoms with Crippen LogP contribution in [-0.4, -0.2) is 60.6 Å². The molecule has 0 radical (unpaired) electrons. The Morgan fingerprint density at radius 2 is 2.08 bits per heavy atom. The number of nitrogens with one attached hydrogen (secondary N) is 1. The van der Waals surface area contributed by atoms with E-state index in [1.807, 2.05) is 23.1 Å². The van der Waals surface area contributed by atoms with Gasteiger partial charge < -0.3 is 10.2 Å². The third-order valence-corrected chi connectivity index (χ3v) is 5.73. The molecule has 7 heteroatoms. The maximum absolute atomic E-state index is 13.0. The molecule has 140 valence electrons. The van der Waals surface area contributed by atoms with E-state index < -0.39 is 5.54 Å². The first-order chi connectivity index (χ1) is 12.4. The summed E-state index contributed by atoms with van der Waals surface area (Å²) in [5.74, 6) is -0.222. The fourth-order valence-electron chi connectivity index (χ4n) is 3.97. The van der Waals surface area contributed by atoms with Crippen LogP contribution < -0.4 is 5.32 Å². The van der Waals surface area contributed by atoms with Gasteiger partial charge in [-0.05, 0) is 25.3 Å². The first-order valence-electron chi connectivity index (χ1n) is 8.99. The summed E-state index contributed by atoms with van der Waals surface area (Å²) in [5, 5.41) is 3.25. The lowest BCUT2D eigenvalue weighted by Gasteiger charge is -2.44. The van der Waals surface area contributed by atoms with Gasteiger partial charge in [0.15, 0.2) is 5.78 Å². The van der Waals surface area contributed by atoms with Crippen molar-refractivity contribution in [2.24, 2.45) is 0 Å². The topological polar surface area (TPSA) is 69.7 Å². The zero-order valence-electron chi connectivity index (χ0n) is 15.0. The second-order valence-electron chi connectivity index (χ2n) is 6.98. The highest BCUT2D eigenvalue weighted by atomic mass is 35.5. The Morgan fingerprint density at radius 1 is 1.31 bits per heavy atom. The van der Waals surface area contributed by atoms with Gasteiger partial charge in [-0.1, -0.05) is 29.8 Å². The van der Waals surface area contributed by atoms with Gasteiger partial charge in [-0.2, -0.15) is 0 Å². The molecule has 0 unspecified atom stereocenters. The van der Waals surface area contributed by atoms with Crippen LogP contribution in [0.25, 0.3) is 0 Å². The van der Waals surface area contributed by atoms with Crippen molar-refractivity contribution < 1.29 is 14.4 Å². The van der Waals surface area contributed by atoms with Gasteiger partial charge in [0.1, 0.15) is 5.54 Å². The van der Waals surface area contributed by atoms with Gasteiger partial charge in [0.25, 0.3) is 0 Å². The zero-order valence-corrected chi connectivity index (χ0v) is 15.7. The van der Waals surface area contributed by atoms with Crippen molar-refractivity contribution in [3.05, 3.63) is 34.9 Å².